The van der Waals surface area contributed by atoms with Crippen LogP contribution in [0, 0.1) is 5.41 Å². The summed E-state index contributed by atoms with van der Waals surface area (Å²) in [5.41, 5.74) is 5.45. The fourth-order valence-electron chi connectivity index (χ4n) is 1.64. The molecule has 0 fully saturated rings. The molecule has 1 aliphatic rings. The van der Waals surface area contributed by atoms with Crippen LogP contribution in [0.3, 0.4) is 0 Å². The van der Waals surface area contributed by atoms with Crippen molar-refractivity contribution in [2.75, 3.05) is 5.32 Å². The van der Waals surface area contributed by atoms with Gasteiger partial charge in [-0.05, 0) is 32.0 Å². The van der Waals surface area contributed by atoms with Gasteiger partial charge in [0.05, 0.1) is 21.5 Å². The molecular weight excluding hydrogens is 278 g/mol. The van der Waals surface area contributed by atoms with Crippen molar-refractivity contribution in [1.82, 2.24) is 5.32 Å². The van der Waals surface area contributed by atoms with Crippen LogP contribution in [-0.4, -0.2) is 22.7 Å². The number of carbonyl (C=O) groups is 3. The monoisotopic (exact) mass is 291 g/mol. The van der Waals surface area contributed by atoms with Gasteiger partial charge in [0.25, 0.3) is 11.8 Å². The van der Waals surface area contributed by atoms with Gasteiger partial charge in [0.15, 0.2) is 0 Å². The smallest absolute Gasteiger partial charge is 0.259 e. The number of thiocarbonyl (C=S) groups is 1. The van der Waals surface area contributed by atoms with Crippen LogP contribution >= 0.6 is 12.2 Å². The van der Waals surface area contributed by atoms with Gasteiger partial charge in [0, 0.05) is 5.69 Å². The first kappa shape index (κ1) is 14.1. The average Bonchev–Trinajstić information content (AvgIpc) is 2.64. The number of carbonyl (C=O) groups excluding carboxylic acids is 3. The van der Waals surface area contributed by atoms with Crippen LogP contribution in [0.5, 0.6) is 0 Å². The van der Waals surface area contributed by atoms with Crippen molar-refractivity contribution in [3.63, 3.8) is 0 Å². The SMILES string of the molecule is CC(C)(C(=O)Nc1ccc2c(c1)C(=O)NC2=O)C(N)=S. The van der Waals surface area contributed by atoms with Crippen LogP contribution in [0.4, 0.5) is 5.69 Å². The van der Waals surface area contributed by atoms with Crippen molar-refractivity contribution in [3.05, 3.63) is 29.3 Å². The van der Waals surface area contributed by atoms with E-state index in [0.29, 0.717) is 11.3 Å². The molecule has 4 N–H and O–H groups in total. The summed E-state index contributed by atoms with van der Waals surface area (Å²) in [5, 5.41) is 4.81. The number of imide groups is 1. The van der Waals surface area contributed by atoms with Gasteiger partial charge >= 0.3 is 0 Å². The second-order valence-corrected chi connectivity index (χ2v) is 5.43. The van der Waals surface area contributed by atoms with Crippen LogP contribution < -0.4 is 16.4 Å². The first-order valence-corrected chi connectivity index (χ1v) is 6.25. The van der Waals surface area contributed by atoms with Gasteiger partial charge in [-0.1, -0.05) is 12.2 Å². The van der Waals surface area contributed by atoms with Crippen molar-refractivity contribution in [2.45, 2.75) is 13.8 Å². The zero-order valence-corrected chi connectivity index (χ0v) is 11.8. The van der Waals surface area contributed by atoms with Gasteiger partial charge in [-0.25, -0.2) is 0 Å². The van der Waals surface area contributed by atoms with Gasteiger partial charge in [-0.2, -0.15) is 0 Å². The van der Waals surface area contributed by atoms with E-state index in [-0.39, 0.29) is 16.5 Å². The summed E-state index contributed by atoms with van der Waals surface area (Å²) >= 11 is 4.85. The lowest BCUT2D eigenvalue weighted by Crippen LogP contribution is -2.41. The summed E-state index contributed by atoms with van der Waals surface area (Å²) in [6.07, 6.45) is 0. The largest absolute Gasteiger partial charge is 0.392 e. The molecule has 104 valence electrons. The maximum Gasteiger partial charge on any atom is 0.259 e. The molecule has 1 aromatic carbocycles. The minimum atomic E-state index is -1.01. The maximum atomic E-state index is 12.1. The summed E-state index contributed by atoms with van der Waals surface area (Å²) in [5.74, 6) is -1.30. The Kier molecular flexibility index (Phi) is 3.31. The van der Waals surface area contributed by atoms with Crippen LogP contribution in [0.15, 0.2) is 18.2 Å². The summed E-state index contributed by atoms with van der Waals surface area (Å²) in [7, 11) is 0. The van der Waals surface area contributed by atoms with E-state index in [0.717, 1.165) is 0 Å². The third-order valence-electron chi connectivity index (χ3n) is 3.18. The molecule has 2 rings (SSSR count). The number of hydrogen-bond acceptors (Lipinski definition) is 4. The molecule has 0 saturated heterocycles. The molecule has 7 heteroatoms. The normalized spacial score (nSPS) is 13.7. The topological polar surface area (TPSA) is 101 Å². The van der Waals surface area contributed by atoms with Gasteiger partial charge in [-0.3, -0.25) is 19.7 Å². The van der Waals surface area contributed by atoms with E-state index in [1.54, 1.807) is 19.9 Å². The highest BCUT2D eigenvalue weighted by molar-refractivity contribution is 7.80. The number of amides is 3. The van der Waals surface area contributed by atoms with E-state index in [1.807, 2.05) is 0 Å². The maximum absolute atomic E-state index is 12.1. The number of fused-ring (bicyclic) bond motifs is 1. The van der Waals surface area contributed by atoms with Crippen molar-refractivity contribution in [2.24, 2.45) is 11.1 Å². The summed E-state index contributed by atoms with van der Waals surface area (Å²) in [6.45, 7) is 3.21. The van der Waals surface area contributed by atoms with Crippen LogP contribution in [0.1, 0.15) is 34.6 Å². The molecule has 6 nitrogen and oxygen atoms in total. The standard InChI is InChI=1S/C13H13N3O3S/c1-13(2,11(14)20)12(19)15-6-3-4-7-8(5-6)10(18)16-9(7)17/h3-5H,1-2H3,(H2,14,20)(H,15,19)(H,16,17,18). The lowest BCUT2D eigenvalue weighted by Gasteiger charge is -2.22. The minimum absolute atomic E-state index is 0.0732. The summed E-state index contributed by atoms with van der Waals surface area (Å²) in [4.78, 5) is 35.1. The molecule has 0 spiro atoms. The molecular formula is C13H13N3O3S. The third-order valence-corrected chi connectivity index (χ3v) is 3.69. The van der Waals surface area contributed by atoms with Gasteiger partial charge in [0.1, 0.15) is 0 Å². The molecule has 20 heavy (non-hydrogen) atoms. The Hall–Kier alpha value is -2.28. The molecule has 1 aromatic rings. The van der Waals surface area contributed by atoms with Gasteiger partial charge in [-0.15, -0.1) is 0 Å². The van der Waals surface area contributed by atoms with E-state index in [9.17, 15) is 14.4 Å². The second kappa shape index (κ2) is 4.68. The number of benzene rings is 1. The van der Waals surface area contributed by atoms with Gasteiger partial charge < -0.3 is 11.1 Å². The fourth-order valence-corrected chi connectivity index (χ4v) is 1.74. The molecule has 0 aromatic heterocycles. The number of rotatable bonds is 3. The van der Waals surface area contributed by atoms with E-state index in [2.05, 4.69) is 10.6 Å². The molecule has 0 aliphatic carbocycles. The highest BCUT2D eigenvalue weighted by Crippen LogP contribution is 2.23. The van der Waals surface area contributed by atoms with E-state index in [1.165, 1.54) is 12.1 Å². The molecule has 1 aliphatic heterocycles. The zero-order chi connectivity index (χ0) is 15.1. The number of hydrogen-bond donors (Lipinski definition) is 3. The Morgan fingerprint density at radius 3 is 2.45 bits per heavy atom. The Bertz CT molecular complexity index is 652. The lowest BCUT2D eigenvalue weighted by atomic mass is 9.92. The molecule has 0 saturated carbocycles. The van der Waals surface area contributed by atoms with Crippen molar-refractivity contribution < 1.29 is 14.4 Å². The molecule has 0 unspecified atom stereocenters. The average molecular weight is 291 g/mol. The lowest BCUT2D eigenvalue weighted by molar-refractivity contribution is -0.121. The predicted molar refractivity (Wildman–Crippen MR) is 77.4 cm³/mol. The highest BCUT2D eigenvalue weighted by atomic mass is 32.1. The zero-order valence-electron chi connectivity index (χ0n) is 10.9. The molecule has 0 bridgehead atoms. The minimum Gasteiger partial charge on any atom is -0.392 e. The van der Waals surface area contributed by atoms with E-state index >= 15 is 0 Å². The number of anilines is 1. The van der Waals surface area contributed by atoms with Crippen molar-refractivity contribution in [3.8, 4) is 0 Å². The van der Waals surface area contributed by atoms with Crippen molar-refractivity contribution in [1.29, 1.82) is 0 Å². The molecule has 0 radical (unpaired) electrons. The molecule has 0 atom stereocenters. The van der Waals surface area contributed by atoms with Crippen LogP contribution in [0.2, 0.25) is 0 Å². The summed E-state index contributed by atoms with van der Waals surface area (Å²) < 4.78 is 0. The quantitative estimate of drug-likeness (QED) is 0.565. The molecule has 3 amide bonds. The van der Waals surface area contributed by atoms with Crippen LogP contribution in [0.25, 0.3) is 0 Å². The highest BCUT2D eigenvalue weighted by Gasteiger charge is 2.32. The van der Waals surface area contributed by atoms with E-state index < -0.39 is 17.2 Å². The number of nitrogens with one attached hydrogen (secondary N) is 2. The first-order chi connectivity index (χ1) is 9.23. The van der Waals surface area contributed by atoms with E-state index in [4.69, 9.17) is 18.0 Å². The first-order valence-electron chi connectivity index (χ1n) is 5.84. The predicted octanol–water partition coefficient (Wildman–Crippen LogP) is 0.821. The van der Waals surface area contributed by atoms with Crippen molar-refractivity contribution >= 4 is 40.6 Å². The third kappa shape index (κ3) is 2.27. The fraction of sp³-hybridized carbons (Fsp3) is 0.231. The molecule has 1 heterocycles. The number of nitrogens with two attached hydrogens (primary N) is 1. The Balaban J connectivity index is 2.27. The second-order valence-electron chi connectivity index (χ2n) is 4.99. The Labute approximate surface area is 120 Å². The Morgan fingerprint density at radius 2 is 1.85 bits per heavy atom. The van der Waals surface area contributed by atoms with Crippen LogP contribution in [-0.2, 0) is 4.79 Å². The van der Waals surface area contributed by atoms with Gasteiger partial charge in [0.2, 0.25) is 5.91 Å². The Morgan fingerprint density at radius 1 is 1.25 bits per heavy atom. The summed E-state index contributed by atoms with van der Waals surface area (Å²) in [6, 6.07) is 4.48.